The summed E-state index contributed by atoms with van der Waals surface area (Å²) in [6.45, 7) is 2.41. The van der Waals surface area contributed by atoms with Gasteiger partial charge in [-0.3, -0.25) is 4.79 Å². The van der Waals surface area contributed by atoms with Gasteiger partial charge in [-0.1, -0.05) is 6.42 Å². The number of nitrogens with zero attached hydrogens (tertiary/aromatic N) is 1. The van der Waals surface area contributed by atoms with Gasteiger partial charge >= 0.3 is 0 Å². The maximum absolute atomic E-state index is 12.3. The molecule has 1 saturated carbocycles. The first-order valence-corrected chi connectivity index (χ1v) is 8.00. The molecule has 0 spiro atoms. The number of aliphatic hydroxyl groups is 1. The van der Waals surface area contributed by atoms with E-state index in [1.54, 1.807) is 0 Å². The molecule has 2 heterocycles. The van der Waals surface area contributed by atoms with E-state index in [0.29, 0.717) is 17.1 Å². The number of fused-ring (bicyclic) bond motifs is 1. The first-order valence-electron chi connectivity index (χ1n) is 7.18. The number of pyridine rings is 1. The van der Waals surface area contributed by atoms with Crippen molar-refractivity contribution in [2.75, 3.05) is 12.3 Å². The van der Waals surface area contributed by atoms with Gasteiger partial charge in [0.25, 0.3) is 5.91 Å². The molecule has 0 bridgehead atoms. The number of hydrogen-bond donors (Lipinski definition) is 3. The maximum Gasteiger partial charge on any atom is 0.263 e. The number of amides is 1. The van der Waals surface area contributed by atoms with E-state index in [2.05, 4.69) is 10.3 Å². The molecule has 2 aromatic rings. The van der Waals surface area contributed by atoms with Crippen LogP contribution in [0.2, 0.25) is 0 Å². The van der Waals surface area contributed by atoms with Crippen molar-refractivity contribution in [2.24, 2.45) is 5.92 Å². The molecule has 0 radical (unpaired) electrons. The molecule has 0 aliphatic heterocycles. The molecule has 1 aliphatic carbocycles. The van der Waals surface area contributed by atoms with Crippen LogP contribution in [0.25, 0.3) is 10.2 Å². The van der Waals surface area contributed by atoms with Crippen molar-refractivity contribution in [3.8, 4) is 0 Å². The van der Waals surface area contributed by atoms with Crippen LogP contribution in [0.15, 0.2) is 12.1 Å². The standard InChI is InChI=1S/C15H19N3O2S/c1-8-5-6-10-12(16)13(21-15(10)18-8)14(20)17-7-9-3-2-4-11(9)19/h5-6,9,11,19H,2-4,7,16H2,1H3,(H,17,20). The molecule has 21 heavy (non-hydrogen) atoms. The molecule has 0 saturated heterocycles. The average molecular weight is 305 g/mol. The van der Waals surface area contributed by atoms with Crippen LogP contribution in [-0.2, 0) is 0 Å². The van der Waals surface area contributed by atoms with Crippen molar-refractivity contribution in [3.05, 3.63) is 22.7 Å². The van der Waals surface area contributed by atoms with E-state index < -0.39 is 0 Å². The van der Waals surface area contributed by atoms with E-state index in [4.69, 9.17) is 5.73 Å². The Morgan fingerprint density at radius 1 is 1.52 bits per heavy atom. The molecule has 2 aromatic heterocycles. The lowest BCUT2D eigenvalue weighted by Gasteiger charge is -2.14. The summed E-state index contributed by atoms with van der Waals surface area (Å²) in [6.07, 6.45) is 2.52. The van der Waals surface area contributed by atoms with Crippen LogP contribution in [0.4, 0.5) is 5.69 Å². The summed E-state index contributed by atoms with van der Waals surface area (Å²) in [5.74, 6) is -0.0165. The summed E-state index contributed by atoms with van der Waals surface area (Å²) in [5.41, 5.74) is 7.46. The van der Waals surface area contributed by atoms with Gasteiger partial charge < -0.3 is 16.2 Å². The molecule has 0 aromatic carbocycles. The number of hydrogen-bond acceptors (Lipinski definition) is 5. The summed E-state index contributed by atoms with van der Waals surface area (Å²) in [7, 11) is 0. The van der Waals surface area contributed by atoms with Gasteiger partial charge in [-0.05, 0) is 31.9 Å². The van der Waals surface area contributed by atoms with Crippen LogP contribution in [-0.4, -0.2) is 28.6 Å². The lowest BCUT2D eigenvalue weighted by Crippen LogP contribution is -2.32. The zero-order chi connectivity index (χ0) is 15.0. The van der Waals surface area contributed by atoms with Gasteiger partial charge in [-0.2, -0.15) is 0 Å². The Morgan fingerprint density at radius 3 is 3.05 bits per heavy atom. The number of aromatic nitrogens is 1. The third-order valence-corrected chi connectivity index (χ3v) is 5.20. The van der Waals surface area contributed by atoms with Crippen LogP contribution in [0.3, 0.4) is 0 Å². The lowest BCUT2D eigenvalue weighted by molar-refractivity contribution is 0.0921. The van der Waals surface area contributed by atoms with E-state index in [9.17, 15) is 9.90 Å². The number of thiophene rings is 1. The van der Waals surface area contributed by atoms with Gasteiger partial charge in [-0.25, -0.2) is 4.98 Å². The molecule has 5 nitrogen and oxygen atoms in total. The number of anilines is 1. The number of rotatable bonds is 3. The third kappa shape index (κ3) is 2.73. The Balaban J connectivity index is 1.76. The minimum absolute atomic E-state index is 0.157. The number of nitrogens with two attached hydrogens (primary N) is 1. The second kappa shape index (κ2) is 5.61. The molecular formula is C15H19N3O2S. The SMILES string of the molecule is Cc1ccc2c(N)c(C(=O)NCC3CCCC3O)sc2n1. The Morgan fingerprint density at radius 2 is 2.33 bits per heavy atom. The molecule has 1 fully saturated rings. The minimum atomic E-state index is -0.297. The van der Waals surface area contributed by atoms with Crippen molar-refractivity contribution in [2.45, 2.75) is 32.3 Å². The Hall–Kier alpha value is -1.66. The lowest BCUT2D eigenvalue weighted by atomic mass is 10.1. The monoisotopic (exact) mass is 305 g/mol. The van der Waals surface area contributed by atoms with Crippen molar-refractivity contribution in [1.29, 1.82) is 0 Å². The number of carbonyl (C=O) groups excluding carboxylic acids is 1. The quantitative estimate of drug-likeness (QED) is 0.810. The van der Waals surface area contributed by atoms with Gasteiger partial charge in [0.05, 0.1) is 11.8 Å². The highest BCUT2D eigenvalue weighted by molar-refractivity contribution is 7.21. The molecule has 4 N–H and O–H groups in total. The fraction of sp³-hybridized carbons (Fsp3) is 0.467. The predicted molar refractivity (Wildman–Crippen MR) is 84.5 cm³/mol. The van der Waals surface area contributed by atoms with Crippen LogP contribution in [0, 0.1) is 12.8 Å². The minimum Gasteiger partial charge on any atom is -0.397 e. The van der Waals surface area contributed by atoms with E-state index >= 15 is 0 Å². The van der Waals surface area contributed by atoms with E-state index in [0.717, 1.165) is 35.2 Å². The fourth-order valence-electron chi connectivity index (χ4n) is 2.82. The van der Waals surface area contributed by atoms with E-state index in [-0.39, 0.29) is 17.9 Å². The van der Waals surface area contributed by atoms with Gasteiger partial charge in [0, 0.05) is 23.5 Å². The largest absolute Gasteiger partial charge is 0.397 e. The first kappa shape index (κ1) is 14.3. The summed E-state index contributed by atoms with van der Waals surface area (Å²) in [4.78, 5) is 18.0. The molecule has 1 aliphatic rings. The zero-order valence-electron chi connectivity index (χ0n) is 11.9. The summed E-state index contributed by atoms with van der Waals surface area (Å²) >= 11 is 1.32. The van der Waals surface area contributed by atoms with Gasteiger partial charge in [-0.15, -0.1) is 11.3 Å². The zero-order valence-corrected chi connectivity index (χ0v) is 12.7. The molecule has 6 heteroatoms. The van der Waals surface area contributed by atoms with Crippen LogP contribution in [0.5, 0.6) is 0 Å². The molecule has 3 rings (SSSR count). The molecule has 2 unspecified atom stereocenters. The number of nitrogen functional groups attached to an aromatic ring is 1. The van der Waals surface area contributed by atoms with Gasteiger partial charge in [0.2, 0.25) is 0 Å². The third-order valence-electron chi connectivity index (χ3n) is 4.08. The van der Waals surface area contributed by atoms with Crippen LogP contribution < -0.4 is 11.1 Å². The van der Waals surface area contributed by atoms with E-state index in [1.807, 2.05) is 19.1 Å². The fourth-order valence-corrected chi connectivity index (χ4v) is 3.87. The van der Waals surface area contributed by atoms with Gasteiger partial charge in [0.15, 0.2) is 0 Å². The Labute approximate surface area is 127 Å². The van der Waals surface area contributed by atoms with Crippen LogP contribution in [0.1, 0.15) is 34.6 Å². The van der Waals surface area contributed by atoms with Crippen molar-refractivity contribution in [1.82, 2.24) is 10.3 Å². The normalized spacial score (nSPS) is 21.8. The van der Waals surface area contributed by atoms with Gasteiger partial charge in [0.1, 0.15) is 9.71 Å². The number of aliphatic hydroxyl groups excluding tert-OH is 1. The van der Waals surface area contributed by atoms with E-state index in [1.165, 1.54) is 11.3 Å². The number of carbonyl (C=O) groups is 1. The Kier molecular flexibility index (Phi) is 3.82. The second-order valence-electron chi connectivity index (χ2n) is 5.62. The average Bonchev–Trinajstić information content (AvgIpc) is 3.00. The second-order valence-corrected chi connectivity index (χ2v) is 6.62. The smallest absolute Gasteiger partial charge is 0.263 e. The van der Waals surface area contributed by atoms with Crippen LogP contribution >= 0.6 is 11.3 Å². The number of nitrogens with one attached hydrogen (secondary N) is 1. The topological polar surface area (TPSA) is 88.2 Å². The Bertz CT molecular complexity index is 683. The molecular weight excluding hydrogens is 286 g/mol. The molecule has 112 valence electrons. The number of aryl methyl sites for hydroxylation is 1. The van der Waals surface area contributed by atoms with Crippen molar-refractivity contribution in [3.63, 3.8) is 0 Å². The van der Waals surface area contributed by atoms with Crippen molar-refractivity contribution < 1.29 is 9.90 Å². The molecule has 1 amide bonds. The highest BCUT2D eigenvalue weighted by atomic mass is 32.1. The van der Waals surface area contributed by atoms with Crippen molar-refractivity contribution >= 4 is 33.1 Å². The summed E-state index contributed by atoms with van der Waals surface area (Å²) in [6, 6.07) is 3.79. The predicted octanol–water partition coefficient (Wildman–Crippen LogP) is 2.08. The molecule has 2 atom stereocenters. The maximum atomic E-state index is 12.3. The first-order chi connectivity index (χ1) is 10.1. The summed E-state index contributed by atoms with van der Waals surface area (Å²) in [5, 5.41) is 13.5. The highest BCUT2D eigenvalue weighted by Crippen LogP contribution is 2.32. The summed E-state index contributed by atoms with van der Waals surface area (Å²) < 4.78 is 0. The highest BCUT2D eigenvalue weighted by Gasteiger charge is 2.26.